The van der Waals surface area contributed by atoms with Gasteiger partial charge in [-0.05, 0) is 24.3 Å². The first kappa shape index (κ1) is 15.9. The van der Waals surface area contributed by atoms with Gasteiger partial charge in [-0.25, -0.2) is 4.98 Å². The lowest BCUT2D eigenvalue weighted by Crippen LogP contribution is -2.14. The van der Waals surface area contributed by atoms with Crippen LogP contribution in [0.5, 0.6) is 5.75 Å². The summed E-state index contributed by atoms with van der Waals surface area (Å²) in [6.07, 6.45) is 1.51. The van der Waals surface area contributed by atoms with Crippen molar-refractivity contribution in [1.82, 2.24) is 15.2 Å². The fourth-order valence-electron chi connectivity index (χ4n) is 1.89. The van der Waals surface area contributed by atoms with Gasteiger partial charge in [-0.1, -0.05) is 29.5 Å². The van der Waals surface area contributed by atoms with E-state index in [4.69, 9.17) is 4.74 Å². The molecule has 24 heavy (non-hydrogen) atoms. The van der Waals surface area contributed by atoms with Crippen molar-refractivity contribution in [1.29, 1.82) is 0 Å². The number of para-hydroxylation sites is 1. The van der Waals surface area contributed by atoms with Gasteiger partial charge in [0.2, 0.25) is 5.13 Å². The van der Waals surface area contributed by atoms with Gasteiger partial charge in [-0.3, -0.25) is 10.1 Å². The number of carbonyl (C=O) groups is 1. The summed E-state index contributed by atoms with van der Waals surface area (Å²) in [5, 5.41) is 13.7. The molecule has 0 unspecified atom stereocenters. The number of nitrogens with zero attached hydrogens (tertiary/aromatic N) is 3. The van der Waals surface area contributed by atoms with Crippen LogP contribution in [0.1, 0.15) is 10.4 Å². The largest absolute Gasteiger partial charge is 0.492 e. The van der Waals surface area contributed by atoms with Gasteiger partial charge in [0.1, 0.15) is 23.7 Å². The van der Waals surface area contributed by atoms with E-state index >= 15 is 0 Å². The van der Waals surface area contributed by atoms with Crippen molar-refractivity contribution in [2.24, 2.45) is 0 Å². The molecule has 7 nitrogen and oxygen atoms in total. The Balaban J connectivity index is 1.45. The average Bonchev–Trinajstić information content (AvgIpc) is 3.13. The summed E-state index contributed by atoms with van der Waals surface area (Å²) in [5.74, 6) is 1.24. The van der Waals surface area contributed by atoms with E-state index < -0.39 is 0 Å². The molecule has 122 valence electrons. The zero-order valence-corrected chi connectivity index (χ0v) is 13.5. The van der Waals surface area contributed by atoms with E-state index in [9.17, 15) is 4.79 Å². The van der Waals surface area contributed by atoms with Crippen LogP contribution >= 0.6 is 11.3 Å². The summed E-state index contributed by atoms with van der Waals surface area (Å²) in [7, 11) is 0. The lowest BCUT2D eigenvalue weighted by Gasteiger charge is -2.08. The quantitative estimate of drug-likeness (QED) is 0.642. The summed E-state index contributed by atoms with van der Waals surface area (Å²) < 4.78 is 5.58. The minimum atomic E-state index is -0.266. The Kier molecular flexibility index (Phi) is 5.31. The standard InChI is InChI=1S/C16H15N5O2S/c22-15(20-16-21-19-11-24-16)12-6-7-14(18-10-12)17-8-9-23-13-4-2-1-3-5-13/h1-7,10-11H,8-9H2,(H,17,18)(H,20,21,22). The monoisotopic (exact) mass is 341 g/mol. The predicted molar refractivity (Wildman–Crippen MR) is 92.5 cm³/mol. The molecule has 1 aromatic carbocycles. The Bertz CT molecular complexity index is 763. The van der Waals surface area contributed by atoms with E-state index in [0.717, 1.165) is 5.75 Å². The lowest BCUT2D eigenvalue weighted by molar-refractivity contribution is 0.102. The van der Waals surface area contributed by atoms with Crippen LogP contribution in [0.2, 0.25) is 0 Å². The third-order valence-electron chi connectivity index (χ3n) is 3.03. The maximum absolute atomic E-state index is 12.0. The molecule has 2 N–H and O–H groups in total. The molecule has 0 atom stereocenters. The van der Waals surface area contributed by atoms with Gasteiger partial charge in [0, 0.05) is 6.20 Å². The van der Waals surface area contributed by atoms with Gasteiger partial charge in [-0.15, -0.1) is 10.2 Å². The van der Waals surface area contributed by atoms with Crippen molar-refractivity contribution in [3.8, 4) is 5.75 Å². The first-order chi connectivity index (χ1) is 11.8. The predicted octanol–water partition coefficient (Wildman–Crippen LogP) is 2.68. The molecule has 0 aliphatic carbocycles. The first-order valence-corrected chi connectivity index (χ1v) is 8.14. The first-order valence-electron chi connectivity index (χ1n) is 7.26. The summed E-state index contributed by atoms with van der Waals surface area (Å²) in [6, 6.07) is 13.1. The van der Waals surface area contributed by atoms with Crippen LogP contribution in [0.15, 0.2) is 54.2 Å². The van der Waals surface area contributed by atoms with Gasteiger partial charge in [0.15, 0.2) is 0 Å². The molecule has 3 aromatic rings. The van der Waals surface area contributed by atoms with Crippen LogP contribution in [0.4, 0.5) is 10.9 Å². The smallest absolute Gasteiger partial charge is 0.259 e. The van der Waals surface area contributed by atoms with Crippen molar-refractivity contribution in [3.63, 3.8) is 0 Å². The van der Waals surface area contributed by atoms with Crippen LogP contribution in [0.25, 0.3) is 0 Å². The Morgan fingerprint density at radius 2 is 2.04 bits per heavy atom. The summed E-state index contributed by atoms with van der Waals surface area (Å²) in [4.78, 5) is 16.2. The highest BCUT2D eigenvalue weighted by Crippen LogP contribution is 2.12. The maximum Gasteiger partial charge on any atom is 0.259 e. The van der Waals surface area contributed by atoms with Gasteiger partial charge in [-0.2, -0.15) is 0 Å². The highest BCUT2D eigenvalue weighted by atomic mass is 32.1. The highest BCUT2D eigenvalue weighted by molar-refractivity contribution is 7.13. The minimum Gasteiger partial charge on any atom is -0.492 e. The van der Waals surface area contributed by atoms with Crippen LogP contribution in [-0.2, 0) is 0 Å². The maximum atomic E-state index is 12.0. The highest BCUT2D eigenvalue weighted by Gasteiger charge is 2.08. The Morgan fingerprint density at radius 3 is 2.75 bits per heavy atom. The van der Waals surface area contributed by atoms with E-state index in [0.29, 0.717) is 29.7 Å². The molecule has 0 aliphatic rings. The molecule has 2 aromatic heterocycles. The lowest BCUT2D eigenvalue weighted by atomic mass is 10.2. The van der Waals surface area contributed by atoms with E-state index in [1.165, 1.54) is 17.5 Å². The van der Waals surface area contributed by atoms with Gasteiger partial charge in [0.05, 0.1) is 12.1 Å². The second-order valence-corrected chi connectivity index (χ2v) is 5.55. The number of rotatable bonds is 7. The number of hydrogen-bond donors (Lipinski definition) is 2. The van der Waals surface area contributed by atoms with Crippen LogP contribution in [-0.4, -0.2) is 34.2 Å². The van der Waals surface area contributed by atoms with Gasteiger partial charge < -0.3 is 10.1 Å². The normalized spacial score (nSPS) is 10.2. The number of amides is 1. The number of carbonyl (C=O) groups excluding carboxylic acids is 1. The molecule has 8 heteroatoms. The van der Waals surface area contributed by atoms with E-state index in [2.05, 4.69) is 25.8 Å². The SMILES string of the molecule is O=C(Nc1nncs1)c1ccc(NCCOc2ccccc2)nc1. The molecule has 0 bridgehead atoms. The fraction of sp³-hybridized carbons (Fsp3) is 0.125. The summed E-state index contributed by atoms with van der Waals surface area (Å²) >= 11 is 1.26. The van der Waals surface area contributed by atoms with Crippen molar-refractivity contribution in [2.75, 3.05) is 23.8 Å². The van der Waals surface area contributed by atoms with Gasteiger partial charge in [0.25, 0.3) is 5.91 Å². The van der Waals surface area contributed by atoms with Crippen LogP contribution < -0.4 is 15.4 Å². The second-order valence-electron chi connectivity index (χ2n) is 4.72. The van der Waals surface area contributed by atoms with E-state index in [-0.39, 0.29) is 5.91 Å². The number of benzene rings is 1. The van der Waals surface area contributed by atoms with Crippen LogP contribution in [0.3, 0.4) is 0 Å². The molecular formula is C16H15N5O2S. The Labute approximate surface area is 142 Å². The molecule has 0 spiro atoms. The molecule has 1 amide bonds. The zero-order valence-electron chi connectivity index (χ0n) is 12.7. The molecule has 0 radical (unpaired) electrons. The summed E-state index contributed by atoms with van der Waals surface area (Å²) in [5.41, 5.74) is 2.01. The third kappa shape index (κ3) is 4.50. The summed E-state index contributed by atoms with van der Waals surface area (Å²) in [6.45, 7) is 1.13. The third-order valence-corrected chi connectivity index (χ3v) is 3.63. The fourth-order valence-corrected chi connectivity index (χ4v) is 2.33. The zero-order chi connectivity index (χ0) is 16.6. The van der Waals surface area contributed by atoms with E-state index in [1.54, 1.807) is 17.6 Å². The van der Waals surface area contributed by atoms with Gasteiger partial charge >= 0.3 is 0 Å². The topological polar surface area (TPSA) is 89.0 Å². The molecule has 0 saturated heterocycles. The second kappa shape index (κ2) is 8.02. The van der Waals surface area contributed by atoms with Crippen molar-refractivity contribution in [3.05, 3.63) is 59.7 Å². The number of anilines is 2. The molecule has 2 heterocycles. The Morgan fingerprint density at radius 1 is 1.17 bits per heavy atom. The van der Waals surface area contributed by atoms with Crippen molar-refractivity contribution >= 4 is 28.2 Å². The number of ether oxygens (including phenoxy) is 1. The number of pyridine rings is 1. The molecule has 3 rings (SSSR count). The molecular weight excluding hydrogens is 326 g/mol. The molecule has 0 aliphatic heterocycles. The van der Waals surface area contributed by atoms with E-state index in [1.807, 2.05) is 30.3 Å². The van der Waals surface area contributed by atoms with Crippen molar-refractivity contribution < 1.29 is 9.53 Å². The number of hydrogen-bond acceptors (Lipinski definition) is 7. The minimum absolute atomic E-state index is 0.266. The number of aromatic nitrogens is 3. The molecule has 0 fully saturated rings. The average molecular weight is 341 g/mol. The van der Waals surface area contributed by atoms with Crippen molar-refractivity contribution in [2.45, 2.75) is 0 Å². The van der Waals surface area contributed by atoms with Crippen LogP contribution in [0, 0.1) is 0 Å². The number of nitrogens with one attached hydrogen (secondary N) is 2. The Hall–Kier alpha value is -3.00. The molecule has 0 saturated carbocycles.